The minimum Gasteiger partial charge on any atom is -0.352 e. The van der Waals surface area contributed by atoms with Crippen molar-refractivity contribution >= 4 is 17.6 Å². The third-order valence-corrected chi connectivity index (χ3v) is 3.54. The summed E-state index contributed by atoms with van der Waals surface area (Å²) in [6, 6.07) is 7.07. The molecule has 1 aromatic carbocycles. The summed E-state index contributed by atoms with van der Waals surface area (Å²) in [5.41, 5.74) is 1.45. The fraction of sp³-hybridized carbons (Fsp3) is 0.500. The first-order valence-electron chi connectivity index (χ1n) is 7.51. The lowest BCUT2D eigenvalue weighted by Gasteiger charge is -2.14. The van der Waals surface area contributed by atoms with Crippen LogP contribution in [0.3, 0.4) is 0 Å². The molecule has 2 N–H and O–H groups in total. The number of anilines is 1. The van der Waals surface area contributed by atoms with E-state index in [0.717, 1.165) is 18.5 Å². The molecule has 5 heteroatoms. The molecule has 5 nitrogen and oxygen atoms in total. The quantitative estimate of drug-likeness (QED) is 0.790. The van der Waals surface area contributed by atoms with Crippen LogP contribution < -0.4 is 15.5 Å². The standard InChI is InChI=1S/C16H23N3O2/c1-12(2)4-3-9-17-15(20)13-5-7-14(8-6-13)19-11-10-18-16(19)21/h5-8,12H,3-4,9-11H2,1-2H3,(H,17,20)(H,18,21). The lowest BCUT2D eigenvalue weighted by atomic mass is 10.1. The molecule has 1 aliphatic heterocycles. The van der Waals surface area contributed by atoms with Crippen LogP contribution in [0.4, 0.5) is 10.5 Å². The van der Waals surface area contributed by atoms with Crippen LogP contribution in [0.15, 0.2) is 24.3 Å². The topological polar surface area (TPSA) is 61.4 Å². The lowest BCUT2D eigenvalue weighted by molar-refractivity contribution is 0.0952. The van der Waals surface area contributed by atoms with E-state index in [1.807, 2.05) is 12.1 Å². The van der Waals surface area contributed by atoms with Gasteiger partial charge in [0.05, 0.1) is 0 Å². The lowest BCUT2D eigenvalue weighted by Crippen LogP contribution is -2.28. The van der Waals surface area contributed by atoms with Crippen LogP contribution in [0, 0.1) is 5.92 Å². The molecule has 1 aromatic rings. The van der Waals surface area contributed by atoms with Gasteiger partial charge in [0, 0.05) is 30.9 Å². The van der Waals surface area contributed by atoms with Gasteiger partial charge in [-0.2, -0.15) is 0 Å². The van der Waals surface area contributed by atoms with E-state index in [1.165, 1.54) is 0 Å². The molecule has 114 valence electrons. The minimum absolute atomic E-state index is 0.0591. The summed E-state index contributed by atoms with van der Waals surface area (Å²) in [7, 11) is 0. The highest BCUT2D eigenvalue weighted by molar-refractivity contribution is 5.96. The number of urea groups is 1. The van der Waals surface area contributed by atoms with Gasteiger partial charge in [0.1, 0.15) is 0 Å². The van der Waals surface area contributed by atoms with E-state index in [9.17, 15) is 9.59 Å². The second-order valence-corrected chi connectivity index (χ2v) is 5.72. The fourth-order valence-electron chi connectivity index (χ4n) is 2.33. The third-order valence-electron chi connectivity index (χ3n) is 3.54. The Labute approximate surface area is 125 Å². The van der Waals surface area contributed by atoms with Gasteiger partial charge < -0.3 is 10.6 Å². The molecule has 0 spiro atoms. The molecule has 0 atom stereocenters. The number of carbonyl (C=O) groups is 2. The van der Waals surface area contributed by atoms with E-state index in [0.29, 0.717) is 31.1 Å². The Hall–Kier alpha value is -2.04. The van der Waals surface area contributed by atoms with Gasteiger partial charge in [-0.3, -0.25) is 9.69 Å². The SMILES string of the molecule is CC(C)CCCNC(=O)c1ccc(N2CCNC2=O)cc1. The molecule has 1 heterocycles. The second kappa shape index (κ2) is 7.11. The van der Waals surface area contributed by atoms with E-state index >= 15 is 0 Å². The Kier molecular flexibility index (Phi) is 5.20. The van der Waals surface area contributed by atoms with Crippen LogP contribution in [0.2, 0.25) is 0 Å². The number of benzene rings is 1. The Morgan fingerprint density at radius 1 is 1.33 bits per heavy atom. The molecule has 1 fully saturated rings. The van der Waals surface area contributed by atoms with Gasteiger partial charge in [-0.15, -0.1) is 0 Å². The summed E-state index contributed by atoms with van der Waals surface area (Å²) in [4.78, 5) is 25.2. The average Bonchev–Trinajstić information content (AvgIpc) is 2.89. The predicted octanol–water partition coefficient (Wildman–Crippen LogP) is 2.38. The van der Waals surface area contributed by atoms with E-state index in [2.05, 4.69) is 24.5 Å². The van der Waals surface area contributed by atoms with Gasteiger partial charge in [0.25, 0.3) is 5.91 Å². The van der Waals surface area contributed by atoms with Crippen molar-refractivity contribution in [3.05, 3.63) is 29.8 Å². The first-order chi connectivity index (χ1) is 10.1. The number of nitrogens with zero attached hydrogens (tertiary/aromatic N) is 1. The van der Waals surface area contributed by atoms with Crippen LogP contribution in [0.1, 0.15) is 37.0 Å². The molecular formula is C16H23N3O2. The van der Waals surface area contributed by atoms with Crippen LogP contribution >= 0.6 is 0 Å². The summed E-state index contributed by atoms with van der Waals surface area (Å²) in [5, 5.41) is 5.68. The smallest absolute Gasteiger partial charge is 0.321 e. The largest absolute Gasteiger partial charge is 0.352 e. The number of carbonyl (C=O) groups excluding carboxylic acids is 2. The molecule has 0 bridgehead atoms. The maximum absolute atomic E-state index is 12.0. The van der Waals surface area contributed by atoms with E-state index in [1.54, 1.807) is 17.0 Å². The minimum atomic E-state index is -0.0825. The predicted molar refractivity (Wildman–Crippen MR) is 83.6 cm³/mol. The van der Waals surface area contributed by atoms with Crippen molar-refractivity contribution in [1.29, 1.82) is 0 Å². The Balaban J connectivity index is 1.86. The maximum atomic E-state index is 12.0. The van der Waals surface area contributed by atoms with Gasteiger partial charge in [-0.1, -0.05) is 13.8 Å². The number of nitrogens with one attached hydrogen (secondary N) is 2. The van der Waals surface area contributed by atoms with E-state index in [-0.39, 0.29) is 11.9 Å². The van der Waals surface area contributed by atoms with Crippen molar-refractivity contribution in [2.75, 3.05) is 24.5 Å². The molecule has 3 amide bonds. The molecular weight excluding hydrogens is 266 g/mol. The number of rotatable bonds is 6. The molecule has 0 aliphatic carbocycles. The van der Waals surface area contributed by atoms with Crippen molar-refractivity contribution in [3.63, 3.8) is 0 Å². The summed E-state index contributed by atoms with van der Waals surface area (Å²) in [6.07, 6.45) is 2.11. The van der Waals surface area contributed by atoms with Gasteiger partial charge in [0.15, 0.2) is 0 Å². The van der Waals surface area contributed by atoms with Crippen LogP contribution in [-0.2, 0) is 0 Å². The van der Waals surface area contributed by atoms with Crippen molar-refractivity contribution in [2.24, 2.45) is 5.92 Å². The van der Waals surface area contributed by atoms with E-state index < -0.39 is 0 Å². The summed E-state index contributed by atoms with van der Waals surface area (Å²) in [5.74, 6) is 0.601. The normalized spacial score (nSPS) is 14.4. The molecule has 21 heavy (non-hydrogen) atoms. The van der Waals surface area contributed by atoms with Crippen molar-refractivity contribution in [3.8, 4) is 0 Å². The zero-order valence-corrected chi connectivity index (χ0v) is 12.7. The summed E-state index contributed by atoms with van der Waals surface area (Å²) in [6.45, 7) is 6.38. The zero-order valence-electron chi connectivity index (χ0n) is 12.7. The first kappa shape index (κ1) is 15.4. The fourth-order valence-corrected chi connectivity index (χ4v) is 2.33. The first-order valence-corrected chi connectivity index (χ1v) is 7.51. The number of hydrogen-bond acceptors (Lipinski definition) is 2. The van der Waals surface area contributed by atoms with Gasteiger partial charge in [-0.05, 0) is 43.0 Å². The Morgan fingerprint density at radius 3 is 2.62 bits per heavy atom. The molecule has 0 unspecified atom stereocenters. The molecule has 2 rings (SSSR count). The molecule has 1 aliphatic rings. The number of amides is 3. The number of hydrogen-bond donors (Lipinski definition) is 2. The molecule has 1 saturated heterocycles. The van der Waals surface area contributed by atoms with Gasteiger partial charge >= 0.3 is 6.03 Å². The summed E-state index contributed by atoms with van der Waals surface area (Å²) >= 11 is 0. The highest BCUT2D eigenvalue weighted by Gasteiger charge is 2.21. The van der Waals surface area contributed by atoms with E-state index in [4.69, 9.17) is 0 Å². The van der Waals surface area contributed by atoms with Crippen molar-refractivity contribution in [2.45, 2.75) is 26.7 Å². The monoisotopic (exact) mass is 289 g/mol. The Morgan fingerprint density at radius 2 is 2.05 bits per heavy atom. The highest BCUT2D eigenvalue weighted by atomic mass is 16.2. The van der Waals surface area contributed by atoms with Crippen molar-refractivity contribution in [1.82, 2.24) is 10.6 Å². The highest BCUT2D eigenvalue weighted by Crippen LogP contribution is 2.17. The van der Waals surface area contributed by atoms with Crippen LogP contribution in [0.25, 0.3) is 0 Å². The van der Waals surface area contributed by atoms with Crippen LogP contribution in [0.5, 0.6) is 0 Å². The van der Waals surface area contributed by atoms with Gasteiger partial charge in [0.2, 0.25) is 0 Å². The Bertz CT molecular complexity index is 497. The molecule has 0 saturated carbocycles. The third kappa shape index (κ3) is 4.21. The van der Waals surface area contributed by atoms with Gasteiger partial charge in [-0.25, -0.2) is 4.79 Å². The zero-order chi connectivity index (χ0) is 15.2. The molecule has 0 aromatic heterocycles. The molecule has 0 radical (unpaired) electrons. The van der Waals surface area contributed by atoms with Crippen molar-refractivity contribution < 1.29 is 9.59 Å². The maximum Gasteiger partial charge on any atom is 0.321 e. The summed E-state index contributed by atoms with van der Waals surface area (Å²) < 4.78 is 0. The second-order valence-electron chi connectivity index (χ2n) is 5.72. The average molecular weight is 289 g/mol. The van der Waals surface area contributed by atoms with Crippen LogP contribution in [-0.4, -0.2) is 31.6 Å².